The summed E-state index contributed by atoms with van der Waals surface area (Å²) >= 11 is 0. The molecule has 7 heteroatoms. The molecule has 0 atom stereocenters. The Morgan fingerprint density at radius 2 is 1.50 bits per heavy atom. The van der Waals surface area contributed by atoms with E-state index in [2.05, 4.69) is 0 Å². The maximum atomic E-state index is 12.6. The first-order chi connectivity index (χ1) is 6.81. The van der Waals surface area contributed by atoms with E-state index in [1.165, 1.54) is 0 Å². The largest absolute Gasteiger partial charge is 1.00 e. The van der Waals surface area contributed by atoms with Crippen LogP contribution in [0.5, 0.6) is 0 Å². The van der Waals surface area contributed by atoms with Crippen LogP contribution in [0.2, 0.25) is 0 Å². The Labute approximate surface area is 139 Å². The van der Waals surface area contributed by atoms with Gasteiger partial charge in [-0.3, -0.25) is 0 Å². The van der Waals surface area contributed by atoms with Crippen LogP contribution in [0.15, 0.2) is 0 Å². The zero-order valence-corrected chi connectivity index (χ0v) is 13.8. The molecule has 3 nitrogen and oxygen atoms in total. The number of hydrogen-bond donors (Lipinski definition) is 0. The van der Waals surface area contributed by atoms with E-state index in [-0.39, 0.29) is 57.8 Å². The van der Waals surface area contributed by atoms with Crippen LogP contribution in [0, 0.1) is 0 Å². The minimum Gasteiger partial charge on any atom is -0.743 e. The van der Waals surface area contributed by atoms with E-state index in [9.17, 15) is 21.8 Å². The van der Waals surface area contributed by atoms with Crippen molar-refractivity contribution in [2.45, 2.75) is 57.1 Å². The molecule has 16 heavy (non-hydrogen) atoms. The quantitative estimate of drug-likeness (QED) is 0.354. The summed E-state index contributed by atoms with van der Waals surface area (Å²) < 4.78 is 55.6. The van der Waals surface area contributed by atoms with Gasteiger partial charge in [0.2, 0.25) is 0 Å². The predicted octanol–water partition coefficient (Wildman–Crippen LogP) is -0.121. The molecule has 92 valence electrons. The predicted molar refractivity (Wildman–Crippen MR) is 52.6 cm³/mol. The molecule has 0 aromatic carbocycles. The van der Waals surface area contributed by atoms with Crippen molar-refractivity contribution < 1.29 is 73.1 Å². The Kier molecular flexibility index (Phi) is 11.5. The minimum atomic E-state index is -5.48. The maximum absolute atomic E-state index is 12.6. The van der Waals surface area contributed by atoms with E-state index in [1.807, 2.05) is 6.92 Å². The fourth-order valence-electron chi connectivity index (χ4n) is 1.24. The van der Waals surface area contributed by atoms with Gasteiger partial charge < -0.3 is 4.55 Å². The standard InChI is InChI=1S/C9H18F2O3S.K/c1-2-3-4-5-6-7-8-9(10,11)15(12,13)14;/h2-8H2,1H3,(H,12,13,14);/q;+1/p-1. The number of rotatable bonds is 8. The Morgan fingerprint density at radius 3 is 1.94 bits per heavy atom. The summed E-state index contributed by atoms with van der Waals surface area (Å²) in [7, 11) is -5.48. The molecule has 0 aromatic rings. The summed E-state index contributed by atoms with van der Waals surface area (Å²) in [6.45, 7) is 2.04. The van der Waals surface area contributed by atoms with Gasteiger partial charge in [-0.1, -0.05) is 39.0 Å². The fraction of sp³-hybridized carbons (Fsp3) is 1.00. The van der Waals surface area contributed by atoms with Crippen molar-refractivity contribution in [1.82, 2.24) is 0 Å². The van der Waals surface area contributed by atoms with Gasteiger partial charge in [-0.25, -0.2) is 8.42 Å². The molecule has 0 aliphatic rings. The van der Waals surface area contributed by atoms with Crippen molar-refractivity contribution in [3.63, 3.8) is 0 Å². The van der Waals surface area contributed by atoms with Gasteiger partial charge in [0.05, 0.1) is 0 Å². The molecule has 0 saturated heterocycles. The molecule has 0 aliphatic carbocycles. The summed E-state index contributed by atoms with van der Waals surface area (Å²) in [6, 6.07) is 0. The molecule has 0 radical (unpaired) electrons. The van der Waals surface area contributed by atoms with Crippen molar-refractivity contribution >= 4 is 10.1 Å². The Balaban J connectivity index is 0. The first kappa shape index (κ1) is 19.7. The monoisotopic (exact) mass is 282 g/mol. The second-order valence-corrected chi connectivity index (χ2v) is 5.11. The Morgan fingerprint density at radius 1 is 1.06 bits per heavy atom. The van der Waals surface area contributed by atoms with Gasteiger partial charge in [0.1, 0.15) is 0 Å². The number of alkyl halides is 2. The second kappa shape index (κ2) is 9.35. The van der Waals surface area contributed by atoms with Gasteiger partial charge in [0.25, 0.3) is 0 Å². The topological polar surface area (TPSA) is 57.2 Å². The average Bonchev–Trinajstić information content (AvgIpc) is 2.09. The Hall–Kier alpha value is 1.41. The van der Waals surface area contributed by atoms with Crippen LogP contribution in [0.25, 0.3) is 0 Å². The molecule has 0 N–H and O–H groups in total. The summed E-state index contributed by atoms with van der Waals surface area (Å²) in [6.07, 6.45) is 3.66. The number of unbranched alkanes of at least 4 members (excludes halogenated alkanes) is 5. The van der Waals surface area contributed by atoms with Crippen LogP contribution in [0.4, 0.5) is 8.78 Å². The summed E-state index contributed by atoms with van der Waals surface area (Å²) in [4.78, 5) is 0. The van der Waals surface area contributed by atoms with Crippen molar-refractivity contribution in [3.05, 3.63) is 0 Å². The molecule has 0 saturated carbocycles. The fourth-order valence-corrected chi connectivity index (χ4v) is 1.63. The van der Waals surface area contributed by atoms with Gasteiger partial charge in [0, 0.05) is 6.42 Å². The third kappa shape index (κ3) is 8.49. The van der Waals surface area contributed by atoms with Gasteiger partial charge in [-0.15, -0.1) is 0 Å². The third-order valence-corrected chi connectivity index (χ3v) is 3.12. The SMILES string of the molecule is CCCCCCCCC(F)(F)S(=O)(=O)[O-].[K+]. The summed E-state index contributed by atoms with van der Waals surface area (Å²) in [5.41, 5.74) is 0. The molecule has 0 aliphatic heterocycles. The van der Waals surface area contributed by atoms with Crippen LogP contribution in [-0.4, -0.2) is 18.2 Å². The Bertz CT molecular complexity index is 268. The van der Waals surface area contributed by atoms with E-state index in [0.717, 1.165) is 25.7 Å². The van der Waals surface area contributed by atoms with Crippen LogP contribution in [0.3, 0.4) is 0 Å². The van der Waals surface area contributed by atoms with Gasteiger partial charge >= 0.3 is 56.6 Å². The van der Waals surface area contributed by atoms with Crippen molar-refractivity contribution in [3.8, 4) is 0 Å². The summed E-state index contributed by atoms with van der Waals surface area (Å²) in [5.74, 6) is 0. The molecule has 0 heterocycles. The smallest absolute Gasteiger partial charge is 0.743 e. The van der Waals surface area contributed by atoms with Crippen LogP contribution < -0.4 is 51.4 Å². The molecule has 0 bridgehead atoms. The third-order valence-electron chi connectivity index (χ3n) is 2.19. The van der Waals surface area contributed by atoms with E-state index >= 15 is 0 Å². The first-order valence-electron chi connectivity index (χ1n) is 5.14. The van der Waals surface area contributed by atoms with Crippen LogP contribution >= 0.6 is 0 Å². The summed E-state index contributed by atoms with van der Waals surface area (Å²) in [5, 5.41) is -4.10. The second-order valence-electron chi connectivity index (χ2n) is 3.61. The molecule has 0 rings (SSSR count). The first-order valence-corrected chi connectivity index (χ1v) is 6.55. The molecular weight excluding hydrogens is 265 g/mol. The number of halogens is 2. The minimum absolute atomic E-state index is 0. The molecule has 0 unspecified atom stereocenters. The van der Waals surface area contributed by atoms with Gasteiger partial charge in [-0.05, 0) is 6.42 Å². The van der Waals surface area contributed by atoms with E-state index in [0.29, 0.717) is 6.42 Å². The van der Waals surface area contributed by atoms with Crippen molar-refractivity contribution in [1.29, 1.82) is 0 Å². The van der Waals surface area contributed by atoms with Crippen LogP contribution in [-0.2, 0) is 10.1 Å². The van der Waals surface area contributed by atoms with E-state index in [4.69, 9.17) is 0 Å². The molecule has 0 fully saturated rings. The molecule has 0 amide bonds. The van der Waals surface area contributed by atoms with E-state index in [1.54, 1.807) is 0 Å². The molecule has 0 spiro atoms. The number of hydrogen-bond acceptors (Lipinski definition) is 3. The molecular formula is C9H17F2KO3S. The zero-order valence-electron chi connectivity index (χ0n) is 9.84. The molecule has 0 aromatic heterocycles. The van der Waals surface area contributed by atoms with Gasteiger partial charge in [0.15, 0.2) is 10.1 Å². The van der Waals surface area contributed by atoms with Crippen molar-refractivity contribution in [2.24, 2.45) is 0 Å². The zero-order chi connectivity index (χ0) is 11.9. The van der Waals surface area contributed by atoms with Gasteiger partial charge in [-0.2, -0.15) is 8.78 Å². The van der Waals surface area contributed by atoms with Crippen molar-refractivity contribution in [2.75, 3.05) is 0 Å². The van der Waals surface area contributed by atoms with Crippen LogP contribution in [0.1, 0.15) is 51.9 Å². The van der Waals surface area contributed by atoms with E-state index < -0.39 is 21.8 Å². The normalized spacial score (nSPS) is 12.2. The maximum Gasteiger partial charge on any atom is 1.00 e. The average molecular weight is 282 g/mol.